The van der Waals surface area contributed by atoms with Crippen LogP contribution in [0, 0.1) is 17.8 Å². The zero-order valence-corrected chi connectivity index (χ0v) is 19.1. The van der Waals surface area contributed by atoms with Gasteiger partial charge in [0.25, 0.3) is 0 Å². The second-order valence-electron chi connectivity index (χ2n) is 9.51. The highest BCUT2D eigenvalue weighted by Crippen LogP contribution is 2.65. The predicted octanol–water partition coefficient (Wildman–Crippen LogP) is 0.830. The SMILES string of the molecule is CC[C@@H](CO)N1C(=O)[C@@H]2[C@@H](C(=O)NC)[C@]3(C)OC2(CC3C)C1C(=O)NCc1ccccc1. The Bertz CT molecular complexity index is 904. The van der Waals surface area contributed by atoms with Gasteiger partial charge in [-0.05, 0) is 31.2 Å². The van der Waals surface area contributed by atoms with Gasteiger partial charge >= 0.3 is 0 Å². The number of nitrogens with zero attached hydrogens (tertiary/aromatic N) is 1. The van der Waals surface area contributed by atoms with Crippen molar-refractivity contribution in [3.8, 4) is 0 Å². The molecule has 3 heterocycles. The lowest BCUT2D eigenvalue weighted by molar-refractivity contribution is -0.150. The minimum atomic E-state index is -1.09. The highest BCUT2D eigenvalue weighted by Gasteiger charge is 2.80. The molecular formula is C24H33N3O5. The quantitative estimate of drug-likeness (QED) is 0.579. The summed E-state index contributed by atoms with van der Waals surface area (Å²) in [5.74, 6) is -2.29. The molecule has 3 unspecified atom stereocenters. The summed E-state index contributed by atoms with van der Waals surface area (Å²) in [6.45, 7) is 5.82. The van der Waals surface area contributed by atoms with Crippen molar-refractivity contribution in [1.82, 2.24) is 15.5 Å². The second kappa shape index (κ2) is 8.15. The highest BCUT2D eigenvalue weighted by atomic mass is 16.5. The van der Waals surface area contributed by atoms with Gasteiger partial charge in [0, 0.05) is 13.6 Å². The van der Waals surface area contributed by atoms with Crippen molar-refractivity contribution in [2.45, 2.75) is 63.4 Å². The number of benzene rings is 1. The summed E-state index contributed by atoms with van der Waals surface area (Å²) in [5, 5.41) is 15.7. The summed E-state index contributed by atoms with van der Waals surface area (Å²) in [4.78, 5) is 41.8. The molecule has 8 nitrogen and oxygen atoms in total. The van der Waals surface area contributed by atoms with Gasteiger partial charge in [-0.3, -0.25) is 14.4 Å². The zero-order chi connectivity index (χ0) is 23.3. The maximum absolute atomic E-state index is 13.8. The van der Waals surface area contributed by atoms with E-state index in [0.29, 0.717) is 19.4 Å². The lowest BCUT2D eigenvalue weighted by atomic mass is 9.62. The van der Waals surface area contributed by atoms with Crippen molar-refractivity contribution < 1.29 is 24.2 Å². The van der Waals surface area contributed by atoms with E-state index in [0.717, 1.165) is 5.56 Å². The van der Waals surface area contributed by atoms with Gasteiger partial charge in [0.2, 0.25) is 17.7 Å². The monoisotopic (exact) mass is 443 g/mol. The van der Waals surface area contributed by atoms with Crippen LogP contribution in [0.2, 0.25) is 0 Å². The Balaban J connectivity index is 1.74. The summed E-state index contributed by atoms with van der Waals surface area (Å²) < 4.78 is 6.58. The largest absolute Gasteiger partial charge is 0.394 e. The van der Waals surface area contributed by atoms with Gasteiger partial charge in [-0.15, -0.1) is 0 Å². The average Bonchev–Trinajstić information content (AvgIpc) is 3.30. The molecule has 1 aromatic carbocycles. The number of likely N-dealkylation sites (tertiary alicyclic amines) is 1. The lowest BCUT2D eigenvalue weighted by Crippen LogP contribution is -2.58. The van der Waals surface area contributed by atoms with Crippen molar-refractivity contribution in [3.05, 3.63) is 35.9 Å². The number of nitrogens with one attached hydrogen (secondary N) is 2. The molecule has 2 bridgehead atoms. The third kappa shape index (κ3) is 3.07. The first-order valence-corrected chi connectivity index (χ1v) is 11.4. The Morgan fingerprint density at radius 2 is 1.97 bits per heavy atom. The maximum Gasteiger partial charge on any atom is 0.246 e. The molecule has 3 N–H and O–H groups in total. The molecule has 1 aromatic rings. The van der Waals surface area contributed by atoms with Crippen LogP contribution in [0.1, 0.15) is 39.2 Å². The predicted molar refractivity (Wildman–Crippen MR) is 117 cm³/mol. The van der Waals surface area contributed by atoms with Gasteiger partial charge in [0.15, 0.2) is 0 Å². The number of fused-ring (bicyclic) bond motifs is 1. The number of ether oxygens (including phenoxy) is 1. The summed E-state index contributed by atoms with van der Waals surface area (Å²) >= 11 is 0. The summed E-state index contributed by atoms with van der Waals surface area (Å²) in [7, 11) is 1.55. The third-order valence-electron chi connectivity index (χ3n) is 7.91. The first-order chi connectivity index (χ1) is 15.2. The Kier molecular flexibility index (Phi) is 5.79. The number of hydrogen-bond acceptors (Lipinski definition) is 5. The molecule has 3 amide bonds. The Morgan fingerprint density at radius 1 is 1.28 bits per heavy atom. The van der Waals surface area contributed by atoms with Crippen LogP contribution < -0.4 is 10.6 Å². The molecule has 4 rings (SSSR count). The molecule has 0 aliphatic carbocycles. The molecule has 0 saturated carbocycles. The smallest absolute Gasteiger partial charge is 0.246 e. The Hall–Kier alpha value is -2.45. The summed E-state index contributed by atoms with van der Waals surface area (Å²) in [6, 6.07) is 8.13. The molecular weight excluding hydrogens is 410 g/mol. The van der Waals surface area contributed by atoms with E-state index in [4.69, 9.17) is 4.74 Å². The number of carbonyl (C=O) groups excluding carboxylic acids is 3. The number of hydrogen-bond donors (Lipinski definition) is 3. The van der Waals surface area contributed by atoms with E-state index in [9.17, 15) is 19.5 Å². The lowest BCUT2D eigenvalue weighted by Gasteiger charge is -2.36. The van der Waals surface area contributed by atoms with Crippen molar-refractivity contribution in [3.63, 3.8) is 0 Å². The topological polar surface area (TPSA) is 108 Å². The molecule has 32 heavy (non-hydrogen) atoms. The minimum absolute atomic E-state index is 0.00701. The van der Waals surface area contributed by atoms with Gasteiger partial charge in [-0.25, -0.2) is 0 Å². The van der Waals surface area contributed by atoms with Gasteiger partial charge in [0.05, 0.1) is 30.1 Å². The van der Waals surface area contributed by atoms with Crippen LogP contribution in [-0.4, -0.2) is 64.7 Å². The fourth-order valence-electron chi connectivity index (χ4n) is 6.22. The zero-order valence-electron chi connectivity index (χ0n) is 19.1. The van der Waals surface area contributed by atoms with Gasteiger partial charge in [-0.2, -0.15) is 0 Å². The third-order valence-corrected chi connectivity index (χ3v) is 7.91. The molecule has 3 saturated heterocycles. The van der Waals surface area contributed by atoms with Crippen molar-refractivity contribution in [1.29, 1.82) is 0 Å². The van der Waals surface area contributed by atoms with Crippen LogP contribution in [0.5, 0.6) is 0 Å². The van der Waals surface area contributed by atoms with Gasteiger partial charge < -0.3 is 25.4 Å². The van der Waals surface area contributed by atoms with E-state index >= 15 is 0 Å². The van der Waals surface area contributed by atoms with Crippen LogP contribution in [0.15, 0.2) is 30.3 Å². The second-order valence-corrected chi connectivity index (χ2v) is 9.51. The standard InChI is InChI=1S/C24H33N3O5/c1-5-16(13-28)27-19(21(30)26-12-15-9-7-6-8-10-15)24-11-14(2)23(3,32-24)17(20(29)25-4)18(24)22(27)31/h6-10,14,16-19,28H,5,11-13H2,1-4H3,(H,25,29)(H,26,30)/t14?,16-,17-,18-,19?,23+,24?/m0/s1. The molecule has 1 spiro atoms. The molecule has 7 atom stereocenters. The molecule has 3 aliphatic rings. The number of aliphatic hydroxyl groups excluding tert-OH is 1. The Labute approximate surface area is 188 Å². The molecule has 0 radical (unpaired) electrons. The van der Waals surface area contributed by atoms with Gasteiger partial charge in [0.1, 0.15) is 11.6 Å². The van der Waals surface area contributed by atoms with E-state index in [1.54, 1.807) is 7.05 Å². The maximum atomic E-state index is 13.8. The van der Waals surface area contributed by atoms with Crippen LogP contribution in [0.25, 0.3) is 0 Å². The van der Waals surface area contributed by atoms with E-state index in [-0.39, 0.29) is 30.2 Å². The fourth-order valence-corrected chi connectivity index (χ4v) is 6.22. The molecule has 3 aliphatic heterocycles. The van der Waals surface area contributed by atoms with E-state index in [2.05, 4.69) is 10.6 Å². The minimum Gasteiger partial charge on any atom is -0.394 e. The molecule has 174 valence electrons. The first kappa shape index (κ1) is 22.7. The van der Waals surface area contributed by atoms with Crippen molar-refractivity contribution >= 4 is 17.7 Å². The number of rotatable bonds is 7. The van der Waals surface area contributed by atoms with E-state index < -0.39 is 35.1 Å². The van der Waals surface area contributed by atoms with Crippen molar-refractivity contribution in [2.75, 3.05) is 13.7 Å². The normalized spacial score (nSPS) is 36.2. The van der Waals surface area contributed by atoms with Crippen LogP contribution in [0.3, 0.4) is 0 Å². The van der Waals surface area contributed by atoms with Crippen LogP contribution in [-0.2, 0) is 25.7 Å². The van der Waals surface area contributed by atoms with E-state index in [1.807, 2.05) is 51.1 Å². The first-order valence-electron chi connectivity index (χ1n) is 11.4. The number of carbonyl (C=O) groups is 3. The van der Waals surface area contributed by atoms with Crippen LogP contribution in [0.4, 0.5) is 0 Å². The van der Waals surface area contributed by atoms with Crippen molar-refractivity contribution in [2.24, 2.45) is 17.8 Å². The summed E-state index contributed by atoms with van der Waals surface area (Å²) in [5.41, 5.74) is -0.975. The molecule has 3 fully saturated rings. The number of aliphatic hydroxyl groups is 1. The Morgan fingerprint density at radius 3 is 2.56 bits per heavy atom. The van der Waals surface area contributed by atoms with Gasteiger partial charge in [-0.1, -0.05) is 44.2 Å². The molecule has 8 heteroatoms. The van der Waals surface area contributed by atoms with E-state index in [1.165, 1.54) is 4.90 Å². The molecule has 0 aromatic heterocycles. The average molecular weight is 444 g/mol. The fraction of sp³-hybridized carbons (Fsp3) is 0.625. The summed E-state index contributed by atoms with van der Waals surface area (Å²) in [6.07, 6.45) is 1.00. The highest BCUT2D eigenvalue weighted by molar-refractivity contribution is 5.99. The van der Waals surface area contributed by atoms with Crippen LogP contribution >= 0.6 is 0 Å². The number of amides is 3.